The predicted molar refractivity (Wildman–Crippen MR) is 52.9 cm³/mol. The third kappa shape index (κ3) is 1.31. The van der Waals surface area contributed by atoms with Crippen molar-refractivity contribution in [1.29, 1.82) is 0 Å². The molecule has 0 atom stereocenters. The minimum absolute atomic E-state index is 0.113. The van der Waals surface area contributed by atoms with Gasteiger partial charge in [0.05, 0.1) is 7.11 Å². The van der Waals surface area contributed by atoms with Crippen LogP contribution in [-0.4, -0.2) is 7.11 Å². The molecule has 70 valence electrons. The monoisotopic (exact) mass is 177 g/mol. The molecule has 0 aliphatic carbocycles. The summed E-state index contributed by atoms with van der Waals surface area (Å²) in [6.07, 6.45) is 0. The normalized spacial score (nSPS) is 18.4. The van der Waals surface area contributed by atoms with Crippen LogP contribution < -0.4 is 10.1 Å². The molecule has 1 N–H and O–H groups in total. The summed E-state index contributed by atoms with van der Waals surface area (Å²) < 4.78 is 5.18. The van der Waals surface area contributed by atoms with Gasteiger partial charge in [-0.2, -0.15) is 0 Å². The number of rotatable bonds is 1. The van der Waals surface area contributed by atoms with Crippen molar-refractivity contribution in [3.05, 3.63) is 29.3 Å². The van der Waals surface area contributed by atoms with Crippen molar-refractivity contribution in [3.8, 4) is 5.75 Å². The highest BCUT2D eigenvalue weighted by Crippen LogP contribution is 2.32. The largest absolute Gasteiger partial charge is 0.497 e. The zero-order valence-electron chi connectivity index (χ0n) is 8.35. The fourth-order valence-corrected chi connectivity index (χ4v) is 1.86. The molecule has 0 saturated carbocycles. The van der Waals surface area contributed by atoms with Gasteiger partial charge < -0.3 is 10.1 Å². The zero-order chi connectivity index (χ0) is 9.47. The van der Waals surface area contributed by atoms with Crippen LogP contribution in [0.2, 0.25) is 0 Å². The molecule has 2 rings (SSSR count). The van der Waals surface area contributed by atoms with E-state index in [2.05, 4.69) is 31.3 Å². The van der Waals surface area contributed by atoms with Crippen molar-refractivity contribution < 1.29 is 4.74 Å². The highest BCUT2D eigenvalue weighted by Gasteiger charge is 2.28. The number of fused-ring (bicyclic) bond motifs is 1. The first kappa shape index (κ1) is 8.57. The topological polar surface area (TPSA) is 21.3 Å². The second-order valence-corrected chi connectivity index (χ2v) is 4.00. The highest BCUT2D eigenvalue weighted by atomic mass is 16.5. The van der Waals surface area contributed by atoms with E-state index in [0.29, 0.717) is 0 Å². The van der Waals surface area contributed by atoms with Gasteiger partial charge in [0.2, 0.25) is 0 Å². The van der Waals surface area contributed by atoms with Crippen molar-refractivity contribution in [1.82, 2.24) is 5.32 Å². The first-order valence-corrected chi connectivity index (χ1v) is 4.56. The van der Waals surface area contributed by atoms with E-state index < -0.39 is 0 Å². The predicted octanol–water partition coefficient (Wildman–Crippen LogP) is 2.03. The Balaban J connectivity index is 2.46. The first-order valence-electron chi connectivity index (χ1n) is 4.56. The van der Waals surface area contributed by atoms with Gasteiger partial charge in [0.15, 0.2) is 0 Å². The van der Waals surface area contributed by atoms with Gasteiger partial charge in [0, 0.05) is 12.1 Å². The summed E-state index contributed by atoms with van der Waals surface area (Å²) in [4.78, 5) is 0. The molecule has 0 unspecified atom stereocenters. The number of methoxy groups -OCH3 is 1. The van der Waals surface area contributed by atoms with Crippen LogP contribution in [0.25, 0.3) is 0 Å². The van der Waals surface area contributed by atoms with Crippen LogP contribution in [0, 0.1) is 0 Å². The van der Waals surface area contributed by atoms with E-state index in [4.69, 9.17) is 4.74 Å². The van der Waals surface area contributed by atoms with Crippen LogP contribution in [0.4, 0.5) is 0 Å². The summed E-state index contributed by atoms with van der Waals surface area (Å²) >= 11 is 0. The molecule has 1 heterocycles. The molecule has 0 radical (unpaired) electrons. The molecule has 1 aliphatic rings. The molecule has 1 aromatic carbocycles. The fraction of sp³-hybridized carbons (Fsp3) is 0.455. The van der Waals surface area contributed by atoms with Gasteiger partial charge in [-0.15, -0.1) is 0 Å². The molecule has 0 saturated heterocycles. The van der Waals surface area contributed by atoms with Crippen LogP contribution in [0.5, 0.6) is 5.75 Å². The summed E-state index contributed by atoms with van der Waals surface area (Å²) in [5.74, 6) is 0.943. The lowest BCUT2D eigenvalue weighted by molar-refractivity contribution is 0.414. The molecule has 0 bridgehead atoms. The van der Waals surface area contributed by atoms with Gasteiger partial charge in [-0.25, -0.2) is 0 Å². The van der Waals surface area contributed by atoms with Gasteiger partial charge in [0.25, 0.3) is 0 Å². The third-order valence-electron chi connectivity index (χ3n) is 2.71. The lowest BCUT2D eigenvalue weighted by Crippen LogP contribution is -2.28. The Morgan fingerprint density at radius 1 is 1.38 bits per heavy atom. The summed E-state index contributed by atoms with van der Waals surface area (Å²) in [6.45, 7) is 5.34. The summed E-state index contributed by atoms with van der Waals surface area (Å²) in [5, 5.41) is 3.46. The second kappa shape index (κ2) is 2.74. The number of benzene rings is 1. The summed E-state index contributed by atoms with van der Waals surface area (Å²) in [6, 6.07) is 6.28. The van der Waals surface area contributed by atoms with E-state index >= 15 is 0 Å². The molecule has 13 heavy (non-hydrogen) atoms. The standard InChI is InChI=1S/C11H15NO/c1-11(2)10-5-4-9(13-3)6-8(10)7-12-11/h4-6,12H,7H2,1-3H3. The Morgan fingerprint density at radius 3 is 2.85 bits per heavy atom. The number of nitrogens with one attached hydrogen (secondary N) is 1. The fourth-order valence-electron chi connectivity index (χ4n) is 1.86. The maximum absolute atomic E-state index is 5.18. The molecular weight excluding hydrogens is 162 g/mol. The minimum Gasteiger partial charge on any atom is -0.497 e. The molecule has 1 aliphatic heterocycles. The van der Waals surface area contributed by atoms with Crippen molar-refractivity contribution in [2.24, 2.45) is 0 Å². The maximum Gasteiger partial charge on any atom is 0.119 e. The summed E-state index contributed by atoms with van der Waals surface area (Å²) in [7, 11) is 1.70. The van der Waals surface area contributed by atoms with Gasteiger partial charge in [-0.3, -0.25) is 0 Å². The van der Waals surface area contributed by atoms with Gasteiger partial charge >= 0.3 is 0 Å². The van der Waals surface area contributed by atoms with Gasteiger partial charge in [0.1, 0.15) is 5.75 Å². The second-order valence-electron chi connectivity index (χ2n) is 4.00. The van der Waals surface area contributed by atoms with Gasteiger partial charge in [-0.05, 0) is 37.1 Å². The molecular formula is C11H15NO. The molecule has 2 nitrogen and oxygen atoms in total. The van der Waals surface area contributed by atoms with Crippen LogP contribution in [0.15, 0.2) is 18.2 Å². The Morgan fingerprint density at radius 2 is 2.15 bits per heavy atom. The van der Waals surface area contributed by atoms with Crippen molar-refractivity contribution in [3.63, 3.8) is 0 Å². The van der Waals surface area contributed by atoms with Crippen LogP contribution in [0.1, 0.15) is 25.0 Å². The van der Waals surface area contributed by atoms with E-state index in [0.717, 1.165) is 12.3 Å². The van der Waals surface area contributed by atoms with E-state index in [1.165, 1.54) is 11.1 Å². The number of ether oxygens (including phenoxy) is 1. The number of hydrogen-bond donors (Lipinski definition) is 1. The van der Waals surface area contributed by atoms with Crippen LogP contribution in [-0.2, 0) is 12.1 Å². The Labute approximate surface area is 78.9 Å². The molecule has 2 heteroatoms. The van der Waals surface area contributed by atoms with Crippen LogP contribution >= 0.6 is 0 Å². The Hall–Kier alpha value is -1.02. The average Bonchev–Trinajstić information content (AvgIpc) is 2.42. The van der Waals surface area contributed by atoms with E-state index in [1.54, 1.807) is 7.11 Å². The summed E-state index contributed by atoms with van der Waals surface area (Å²) in [5.41, 5.74) is 2.85. The Kier molecular flexibility index (Phi) is 1.81. The van der Waals surface area contributed by atoms with E-state index in [9.17, 15) is 0 Å². The van der Waals surface area contributed by atoms with Gasteiger partial charge in [-0.1, -0.05) is 6.07 Å². The molecule has 0 spiro atoms. The first-order chi connectivity index (χ1) is 6.13. The Bertz CT molecular complexity index is 331. The van der Waals surface area contributed by atoms with Crippen molar-refractivity contribution in [2.75, 3.05) is 7.11 Å². The lowest BCUT2D eigenvalue weighted by Gasteiger charge is -2.19. The maximum atomic E-state index is 5.18. The van der Waals surface area contributed by atoms with E-state index in [-0.39, 0.29) is 5.54 Å². The average molecular weight is 177 g/mol. The highest BCUT2D eigenvalue weighted by molar-refractivity contribution is 5.42. The van der Waals surface area contributed by atoms with Crippen molar-refractivity contribution in [2.45, 2.75) is 25.9 Å². The molecule has 0 aromatic heterocycles. The lowest BCUT2D eigenvalue weighted by atomic mass is 9.95. The van der Waals surface area contributed by atoms with Crippen molar-refractivity contribution >= 4 is 0 Å². The number of hydrogen-bond acceptors (Lipinski definition) is 2. The zero-order valence-corrected chi connectivity index (χ0v) is 8.35. The minimum atomic E-state index is 0.113. The van der Waals surface area contributed by atoms with E-state index in [1.807, 2.05) is 6.07 Å². The van der Waals surface area contributed by atoms with Crippen LogP contribution in [0.3, 0.4) is 0 Å². The SMILES string of the molecule is COc1ccc2c(c1)CNC2(C)C. The molecule has 0 fully saturated rings. The molecule has 1 aromatic rings. The third-order valence-corrected chi connectivity index (χ3v) is 2.71. The smallest absolute Gasteiger partial charge is 0.119 e. The quantitative estimate of drug-likeness (QED) is 0.708. The molecule has 0 amide bonds.